The molecule has 0 aliphatic carbocycles. The molecule has 1 heterocycles. The van der Waals surface area contributed by atoms with E-state index in [1.54, 1.807) is 0 Å². The predicted octanol–water partition coefficient (Wildman–Crippen LogP) is 0.832. The maximum Gasteiger partial charge on any atom is 0.0645 e. The average Bonchev–Trinajstić information content (AvgIpc) is 2.20. The van der Waals surface area contributed by atoms with Crippen molar-refractivity contribution in [2.45, 2.75) is 51.7 Å². The van der Waals surface area contributed by atoms with Crippen molar-refractivity contribution in [2.24, 2.45) is 11.7 Å². The monoisotopic (exact) mass is 244 g/mol. The van der Waals surface area contributed by atoms with Crippen LogP contribution in [0.4, 0.5) is 0 Å². The molecule has 1 aliphatic rings. The van der Waals surface area contributed by atoms with Crippen LogP contribution in [0.1, 0.15) is 34.1 Å². The van der Waals surface area contributed by atoms with Crippen molar-refractivity contribution in [1.82, 2.24) is 4.90 Å². The molecule has 2 atom stereocenters. The molecule has 1 aliphatic heterocycles. The summed E-state index contributed by atoms with van der Waals surface area (Å²) in [6.45, 7) is 11.0. The molecule has 3 N–H and O–H groups in total. The van der Waals surface area contributed by atoms with E-state index in [-0.39, 0.29) is 24.2 Å². The van der Waals surface area contributed by atoms with E-state index in [0.717, 1.165) is 19.6 Å². The van der Waals surface area contributed by atoms with Gasteiger partial charge in [0.05, 0.1) is 19.8 Å². The van der Waals surface area contributed by atoms with Gasteiger partial charge in [-0.3, -0.25) is 4.90 Å². The number of rotatable bonds is 5. The van der Waals surface area contributed by atoms with Gasteiger partial charge >= 0.3 is 0 Å². The highest BCUT2D eigenvalue weighted by atomic mass is 16.5. The van der Waals surface area contributed by atoms with Crippen LogP contribution in [0.25, 0.3) is 0 Å². The van der Waals surface area contributed by atoms with Crippen molar-refractivity contribution in [3.05, 3.63) is 0 Å². The van der Waals surface area contributed by atoms with Crippen molar-refractivity contribution >= 4 is 0 Å². The largest absolute Gasteiger partial charge is 0.395 e. The number of hydrogen-bond donors (Lipinski definition) is 2. The predicted molar refractivity (Wildman–Crippen MR) is 69.9 cm³/mol. The summed E-state index contributed by atoms with van der Waals surface area (Å²) in [5, 5.41) is 9.63. The van der Waals surface area contributed by atoms with E-state index < -0.39 is 0 Å². The zero-order valence-electron chi connectivity index (χ0n) is 11.6. The van der Waals surface area contributed by atoms with Gasteiger partial charge in [-0.15, -0.1) is 0 Å². The molecule has 2 unspecified atom stereocenters. The molecular formula is C13H28N2O2. The van der Waals surface area contributed by atoms with Gasteiger partial charge in [0.15, 0.2) is 0 Å². The van der Waals surface area contributed by atoms with Crippen LogP contribution >= 0.6 is 0 Å². The first-order valence-corrected chi connectivity index (χ1v) is 6.59. The lowest BCUT2D eigenvalue weighted by atomic mass is 9.92. The average molecular weight is 244 g/mol. The van der Waals surface area contributed by atoms with Crippen molar-refractivity contribution in [3.63, 3.8) is 0 Å². The Morgan fingerprint density at radius 2 is 2.06 bits per heavy atom. The smallest absolute Gasteiger partial charge is 0.0645 e. The van der Waals surface area contributed by atoms with E-state index in [1.165, 1.54) is 0 Å². The highest BCUT2D eigenvalue weighted by Gasteiger charge is 2.37. The summed E-state index contributed by atoms with van der Waals surface area (Å²) in [7, 11) is 0. The fourth-order valence-electron chi connectivity index (χ4n) is 2.65. The molecule has 0 spiro atoms. The minimum absolute atomic E-state index is 0.0253. The molecule has 1 saturated heterocycles. The Kier molecular flexibility index (Phi) is 5.38. The highest BCUT2D eigenvalue weighted by Crippen LogP contribution is 2.24. The molecule has 17 heavy (non-hydrogen) atoms. The molecular weight excluding hydrogens is 216 g/mol. The van der Waals surface area contributed by atoms with Gasteiger partial charge in [-0.05, 0) is 26.2 Å². The lowest BCUT2D eigenvalue weighted by Gasteiger charge is -2.48. The van der Waals surface area contributed by atoms with Gasteiger partial charge in [0.25, 0.3) is 0 Å². The number of aliphatic hydroxyl groups excluding tert-OH is 1. The first-order chi connectivity index (χ1) is 7.88. The maximum absolute atomic E-state index is 9.63. The normalized spacial score (nSPS) is 24.9. The van der Waals surface area contributed by atoms with Crippen molar-refractivity contribution < 1.29 is 9.84 Å². The third-order valence-corrected chi connectivity index (χ3v) is 3.53. The van der Waals surface area contributed by atoms with Gasteiger partial charge in [0.1, 0.15) is 0 Å². The Morgan fingerprint density at radius 1 is 1.41 bits per heavy atom. The summed E-state index contributed by atoms with van der Waals surface area (Å²) in [6, 6.07) is 0.0636. The van der Waals surface area contributed by atoms with E-state index in [0.29, 0.717) is 12.5 Å². The molecule has 0 radical (unpaired) electrons. The molecule has 102 valence electrons. The Balaban J connectivity index is 2.70. The maximum atomic E-state index is 9.63. The molecule has 0 bridgehead atoms. The third-order valence-electron chi connectivity index (χ3n) is 3.53. The Hall–Kier alpha value is -0.160. The van der Waals surface area contributed by atoms with Crippen molar-refractivity contribution in [1.29, 1.82) is 0 Å². The first kappa shape index (κ1) is 14.9. The number of hydrogen-bond acceptors (Lipinski definition) is 4. The molecule has 1 rings (SSSR count). The summed E-state index contributed by atoms with van der Waals surface area (Å²) in [4.78, 5) is 2.31. The molecule has 0 aromatic heterocycles. The van der Waals surface area contributed by atoms with Gasteiger partial charge in [-0.25, -0.2) is 0 Å². The van der Waals surface area contributed by atoms with Crippen molar-refractivity contribution in [2.75, 3.05) is 26.4 Å². The second-order valence-electron chi connectivity index (χ2n) is 6.10. The number of aliphatic hydroxyl groups is 1. The number of ether oxygens (including phenoxy) is 1. The van der Waals surface area contributed by atoms with Crippen LogP contribution in [-0.2, 0) is 4.74 Å². The number of nitrogens with two attached hydrogens (primary N) is 1. The lowest BCUT2D eigenvalue weighted by Crippen LogP contribution is -2.62. The first-order valence-electron chi connectivity index (χ1n) is 6.59. The third kappa shape index (κ3) is 3.91. The molecule has 0 aromatic carbocycles. The van der Waals surface area contributed by atoms with Crippen LogP contribution in [0, 0.1) is 5.92 Å². The summed E-state index contributed by atoms with van der Waals surface area (Å²) in [6.07, 6.45) is 0.943. The van der Waals surface area contributed by atoms with E-state index in [2.05, 4.69) is 32.6 Å². The number of nitrogens with zero attached hydrogens (tertiary/aromatic N) is 1. The van der Waals surface area contributed by atoms with Crippen LogP contribution in [-0.4, -0.2) is 54.0 Å². The fraction of sp³-hybridized carbons (Fsp3) is 1.00. The van der Waals surface area contributed by atoms with Gasteiger partial charge in [-0.2, -0.15) is 0 Å². The van der Waals surface area contributed by atoms with Crippen LogP contribution in [0.3, 0.4) is 0 Å². The van der Waals surface area contributed by atoms with Gasteiger partial charge in [0.2, 0.25) is 0 Å². The topological polar surface area (TPSA) is 58.7 Å². The summed E-state index contributed by atoms with van der Waals surface area (Å²) in [5.41, 5.74) is 6.20. The van der Waals surface area contributed by atoms with Gasteiger partial charge in [-0.1, -0.05) is 13.8 Å². The second-order valence-corrected chi connectivity index (χ2v) is 6.10. The van der Waals surface area contributed by atoms with Gasteiger partial charge in [0, 0.05) is 24.2 Å². The van der Waals surface area contributed by atoms with E-state index in [9.17, 15) is 5.11 Å². The van der Waals surface area contributed by atoms with E-state index in [1.807, 2.05) is 0 Å². The molecule has 0 amide bonds. The second kappa shape index (κ2) is 6.14. The van der Waals surface area contributed by atoms with Crippen LogP contribution in [0.2, 0.25) is 0 Å². The quantitative estimate of drug-likeness (QED) is 0.752. The van der Waals surface area contributed by atoms with E-state index in [4.69, 9.17) is 10.5 Å². The van der Waals surface area contributed by atoms with Crippen molar-refractivity contribution in [3.8, 4) is 0 Å². The van der Waals surface area contributed by atoms with Crippen LogP contribution in [0.15, 0.2) is 0 Å². The SMILES string of the molecule is CC(C)CC(N)C(CO)N1CCOCC1(C)C. The molecule has 4 nitrogen and oxygen atoms in total. The molecule has 0 saturated carbocycles. The highest BCUT2D eigenvalue weighted by molar-refractivity contribution is 4.93. The minimum Gasteiger partial charge on any atom is -0.395 e. The Morgan fingerprint density at radius 3 is 2.53 bits per heavy atom. The van der Waals surface area contributed by atoms with E-state index >= 15 is 0 Å². The summed E-state index contributed by atoms with van der Waals surface area (Å²) < 4.78 is 5.51. The van der Waals surface area contributed by atoms with Crippen LogP contribution in [0.5, 0.6) is 0 Å². The Bertz CT molecular complexity index is 231. The summed E-state index contributed by atoms with van der Waals surface area (Å²) in [5.74, 6) is 0.559. The van der Waals surface area contributed by atoms with Gasteiger partial charge < -0.3 is 15.6 Å². The zero-order chi connectivity index (χ0) is 13.1. The standard InChI is InChI=1S/C13H28N2O2/c1-10(2)7-11(14)12(8-16)15-5-6-17-9-13(15,3)4/h10-12,16H,5-9,14H2,1-4H3. The molecule has 1 fully saturated rings. The number of morpholine rings is 1. The fourth-order valence-corrected chi connectivity index (χ4v) is 2.65. The summed E-state index contributed by atoms with van der Waals surface area (Å²) >= 11 is 0. The lowest BCUT2D eigenvalue weighted by molar-refractivity contribution is -0.0865. The Labute approximate surface area is 105 Å². The molecule has 0 aromatic rings. The minimum atomic E-state index is -0.0414. The molecule has 4 heteroatoms. The van der Waals surface area contributed by atoms with Crippen LogP contribution < -0.4 is 5.73 Å². The zero-order valence-corrected chi connectivity index (χ0v) is 11.6.